The first-order chi connectivity index (χ1) is 14.9. The molecule has 0 bridgehead atoms. The van der Waals surface area contributed by atoms with Gasteiger partial charge in [-0.15, -0.1) is 0 Å². The molecule has 1 unspecified atom stereocenters. The molecule has 31 heavy (non-hydrogen) atoms. The molecule has 3 rings (SSSR count). The van der Waals surface area contributed by atoms with E-state index in [-0.39, 0.29) is 18.9 Å². The van der Waals surface area contributed by atoms with E-state index in [0.717, 1.165) is 22.2 Å². The lowest BCUT2D eigenvalue weighted by atomic mass is 9.93. The molecular weight excluding hydrogens is 414 g/mol. The second kappa shape index (κ2) is 10.0. The average molecular weight is 444 g/mol. The highest BCUT2D eigenvalue weighted by Crippen LogP contribution is 2.45. The fourth-order valence-electron chi connectivity index (χ4n) is 3.78. The Morgan fingerprint density at radius 1 is 1.16 bits per heavy atom. The predicted molar refractivity (Wildman–Crippen MR) is 123 cm³/mol. The van der Waals surface area contributed by atoms with Gasteiger partial charge in [0, 0.05) is 18.8 Å². The van der Waals surface area contributed by atoms with Crippen molar-refractivity contribution in [2.24, 2.45) is 4.99 Å². The molecule has 0 aliphatic carbocycles. The number of benzene rings is 1. The smallest absolute Gasteiger partial charge is 0.338 e. The van der Waals surface area contributed by atoms with Gasteiger partial charge in [0.25, 0.3) is 0 Å². The molecule has 1 aromatic rings. The van der Waals surface area contributed by atoms with Crippen molar-refractivity contribution in [1.82, 2.24) is 9.80 Å². The number of nitrogens with zero attached hydrogens (tertiary/aromatic N) is 3. The number of hydrogen-bond acceptors (Lipinski definition) is 7. The third-order valence-electron chi connectivity index (χ3n) is 5.38. The number of hydrogen-bond donors (Lipinski definition) is 0. The highest BCUT2D eigenvalue weighted by Gasteiger charge is 2.41. The lowest BCUT2D eigenvalue weighted by Crippen LogP contribution is -2.38. The molecule has 166 valence electrons. The van der Waals surface area contributed by atoms with Crippen LogP contribution in [0.2, 0.25) is 0 Å². The van der Waals surface area contributed by atoms with E-state index in [1.54, 1.807) is 18.9 Å². The largest absolute Gasteiger partial charge is 0.497 e. The standard InChI is InChI=1S/C23H29N3O4S/c1-6-25(7-2)19(27)13-17-14-31-23-24-15(4)20(22(28)30-8-3)21(26(17)23)16-9-11-18(29-5)12-10-16/h9-12,14,21H,6-8,13H2,1-5H3. The Morgan fingerprint density at radius 3 is 2.42 bits per heavy atom. The molecule has 1 aromatic carbocycles. The molecule has 0 fully saturated rings. The molecule has 2 aliphatic rings. The number of amidine groups is 1. The zero-order valence-corrected chi connectivity index (χ0v) is 19.5. The van der Waals surface area contributed by atoms with Crippen molar-refractivity contribution < 1.29 is 19.1 Å². The quantitative estimate of drug-likeness (QED) is 0.564. The van der Waals surface area contributed by atoms with Crippen molar-refractivity contribution in [1.29, 1.82) is 0 Å². The number of carbonyl (C=O) groups is 2. The molecule has 2 heterocycles. The Kier molecular flexibility index (Phi) is 7.43. The number of ether oxygens (including phenoxy) is 2. The first kappa shape index (κ1) is 22.9. The maximum absolute atomic E-state index is 12.9. The van der Waals surface area contributed by atoms with Crippen LogP contribution >= 0.6 is 11.8 Å². The topological polar surface area (TPSA) is 71.4 Å². The van der Waals surface area contributed by atoms with Crippen molar-refractivity contribution >= 4 is 28.8 Å². The van der Waals surface area contributed by atoms with Gasteiger partial charge in [-0.1, -0.05) is 23.9 Å². The summed E-state index contributed by atoms with van der Waals surface area (Å²) < 4.78 is 10.7. The van der Waals surface area contributed by atoms with Crippen LogP contribution in [0.4, 0.5) is 0 Å². The number of thioether (sulfide) groups is 1. The van der Waals surface area contributed by atoms with Gasteiger partial charge in [0.1, 0.15) is 5.75 Å². The number of allylic oxidation sites excluding steroid dienone is 1. The second-order valence-electron chi connectivity index (χ2n) is 7.13. The van der Waals surface area contributed by atoms with Gasteiger partial charge < -0.3 is 19.3 Å². The summed E-state index contributed by atoms with van der Waals surface area (Å²) >= 11 is 1.47. The minimum absolute atomic E-state index is 0.0514. The monoisotopic (exact) mass is 443 g/mol. The highest BCUT2D eigenvalue weighted by atomic mass is 32.2. The van der Waals surface area contributed by atoms with E-state index < -0.39 is 12.0 Å². The maximum atomic E-state index is 12.9. The van der Waals surface area contributed by atoms with E-state index in [1.165, 1.54) is 11.8 Å². The molecule has 0 N–H and O–H groups in total. The molecule has 0 radical (unpaired) electrons. The third kappa shape index (κ3) is 4.63. The number of aliphatic imine (C=N–C) groups is 1. The second-order valence-corrected chi connectivity index (χ2v) is 7.97. The minimum Gasteiger partial charge on any atom is -0.497 e. The van der Waals surface area contributed by atoms with Crippen LogP contribution in [0.3, 0.4) is 0 Å². The van der Waals surface area contributed by atoms with Gasteiger partial charge in [-0.25, -0.2) is 9.79 Å². The Balaban J connectivity index is 2.03. The van der Waals surface area contributed by atoms with E-state index in [4.69, 9.17) is 9.47 Å². The molecule has 0 saturated carbocycles. The van der Waals surface area contributed by atoms with Crippen molar-refractivity contribution in [2.45, 2.75) is 40.2 Å². The Bertz CT molecular complexity index is 933. The molecule has 8 heteroatoms. The van der Waals surface area contributed by atoms with Gasteiger partial charge in [-0.2, -0.15) is 0 Å². The lowest BCUT2D eigenvalue weighted by Gasteiger charge is -2.36. The summed E-state index contributed by atoms with van der Waals surface area (Å²) in [7, 11) is 1.62. The molecule has 0 spiro atoms. The molecule has 0 saturated heterocycles. The molecule has 0 aromatic heterocycles. The molecule has 1 atom stereocenters. The zero-order valence-electron chi connectivity index (χ0n) is 18.7. The van der Waals surface area contributed by atoms with Crippen molar-refractivity contribution in [2.75, 3.05) is 26.8 Å². The van der Waals surface area contributed by atoms with E-state index >= 15 is 0 Å². The number of methoxy groups -OCH3 is 1. The molecule has 2 aliphatic heterocycles. The summed E-state index contributed by atoms with van der Waals surface area (Å²) in [5.74, 6) is 0.389. The Morgan fingerprint density at radius 2 is 1.84 bits per heavy atom. The van der Waals surface area contributed by atoms with Crippen LogP contribution in [0.15, 0.2) is 51.6 Å². The summed E-state index contributed by atoms with van der Waals surface area (Å²) in [5.41, 5.74) is 2.84. The first-order valence-corrected chi connectivity index (χ1v) is 11.4. The van der Waals surface area contributed by atoms with Crippen LogP contribution in [-0.2, 0) is 14.3 Å². The van der Waals surface area contributed by atoms with Crippen LogP contribution in [0.25, 0.3) is 0 Å². The Hall–Kier alpha value is -2.74. The van der Waals surface area contributed by atoms with Gasteiger partial charge >= 0.3 is 5.97 Å². The van der Waals surface area contributed by atoms with Crippen LogP contribution in [0, 0.1) is 0 Å². The zero-order chi connectivity index (χ0) is 22.5. The normalized spacial score (nSPS) is 17.7. The summed E-state index contributed by atoms with van der Waals surface area (Å²) in [6.45, 7) is 9.15. The summed E-state index contributed by atoms with van der Waals surface area (Å²) in [5, 5.41) is 2.71. The van der Waals surface area contributed by atoms with Crippen LogP contribution in [0.5, 0.6) is 5.75 Å². The fraction of sp³-hybridized carbons (Fsp3) is 0.435. The third-order valence-corrected chi connectivity index (χ3v) is 6.26. The number of esters is 1. The van der Waals surface area contributed by atoms with E-state index in [9.17, 15) is 9.59 Å². The van der Waals surface area contributed by atoms with E-state index in [2.05, 4.69) is 4.99 Å². The first-order valence-electron chi connectivity index (χ1n) is 10.5. The van der Waals surface area contributed by atoms with Crippen molar-refractivity contribution in [3.63, 3.8) is 0 Å². The molecule has 1 amide bonds. The number of carbonyl (C=O) groups excluding carboxylic acids is 2. The number of rotatable bonds is 8. The van der Waals surface area contributed by atoms with Crippen LogP contribution in [0.1, 0.15) is 45.7 Å². The average Bonchev–Trinajstić information content (AvgIpc) is 3.15. The predicted octanol–water partition coefficient (Wildman–Crippen LogP) is 4.09. The minimum atomic E-state index is -0.428. The summed E-state index contributed by atoms with van der Waals surface area (Å²) in [4.78, 5) is 34.2. The molecule has 7 nitrogen and oxygen atoms in total. The highest BCUT2D eigenvalue weighted by molar-refractivity contribution is 8.16. The van der Waals surface area contributed by atoms with Crippen LogP contribution < -0.4 is 4.74 Å². The van der Waals surface area contributed by atoms with Gasteiger partial charge in [0.2, 0.25) is 5.91 Å². The lowest BCUT2D eigenvalue weighted by molar-refractivity contribution is -0.139. The summed E-state index contributed by atoms with van der Waals surface area (Å²) in [6.07, 6.45) is 0.246. The van der Waals surface area contributed by atoms with Gasteiger partial charge in [-0.3, -0.25) is 4.79 Å². The molecular formula is C23H29N3O4S. The van der Waals surface area contributed by atoms with Crippen LogP contribution in [-0.4, -0.2) is 53.7 Å². The maximum Gasteiger partial charge on any atom is 0.338 e. The van der Waals surface area contributed by atoms with Crippen molar-refractivity contribution in [3.05, 3.63) is 52.2 Å². The van der Waals surface area contributed by atoms with E-state index in [1.807, 2.05) is 55.3 Å². The van der Waals surface area contributed by atoms with Gasteiger partial charge in [0.15, 0.2) is 5.17 Å². The fourth-order valence-corrected chi connectivity index (χ4v) is 4.75. The van der Waals surface area contributed by atoms with Gasteiger partial charge in [0.05, 0.1) is 37.4 Å². The number of fused-ring (bicyclic) bond motifs is 1. The summed E-state index contributed by atoms with van der Waals surface area (Å²) in [6, 6.07) is 7.18. The Labute approximate surface area is 187 Å². The van der Waals surface area contributed by atoms with Crippen molar-refractivity contribution in [3.8, 4) is 5.75 Å². The SMILES string of the molecule is CCOC(=O)C1=C(C)N=C2SC=C(CC(=O)N(CC)CC)N2C1c1ccc(OC)cc1. The number of amides is 1. The van der Waals surface area contributed by atoms with E-state index in [0.29, 0.717) is 24.4 Å². The van der Waals surface area contributed by atoms with Gasteiger partial charge in [-0.05, 0) is 50.8 Å².